The first-order valence-electron chi connectivity index (χ1n) is 5.93. The molecule has 0 aromatic rings. The third kappa shape index (κ3) is 2.84. The summed E-state index contributed by atoms with van der Waals surface area (Å²) in [5.41, 5.74) is 3.28. The van der Waals surface area contributed by atoms with Gasteiger partial charge >= 0.3 is 0 Å². The van der Waals surface area contributed by atoms with E-state index in [2.05, 4.69) is 27.7 Å². The Morgan fingerprint density at radius 1 is 1.36 bits per heavy atom. The normalized spacial score (nSPS) is 28.3. The average molecular weight is 196 g/mol. The van der Waals surface area contributed by atoms with Gasteiger partial charge in [0.15, 0.2) is 0 Å². The standard InChI is InChI=1S/C13H24O/c1-5-14-9-8-13-11(3)7-6-10(2)12(13)4/h10,12H,5-9H2,1-4H3. The van der Waals surface area contributed by atoms with Gasteiger partial charge in [-0.15, -0.1) is 0 Å². The molecular formula is C13H24O. The zero-order valence-electron chi connectivity index (χ0n) is 10.1. The molecule has 0 fully saturated rings. The number of hydrogen-bond acceptors (Lipinski definition) is 1. The largest absolute Gasteiger partial charge is 0.381 e. The van der Waals surface area contributed by atoms with Crippen LogP contribution in [-0.2, 0) is 4.74 Å². The smallest absolute Gasteiger partial charge is 0.0503 e. The molecule has 0 aromatic heterocycles. The van der Waals surface area contributed by atoms with Crippen molar-refractivity contribution in [2.24, 2.45) is 11.8 Å². The molecule has 2 unspecified atom stereocenters. The van der Waals surface area contributed by atoms with Crippen molar-refractivity contribution in [2.45, 2.75) is 47.0 Å². The highest BCUT2D eigenvalue weighted by atomic mass is 16.5. The fraction of sp³-hybridized carbons (Fsp3) is 0.846. The van der Waals surface area contributed by atoms with E-state index in [1.54, 1.807) is 11.1 Å². The van der Waals surface area contributed by atoms with E-state index < -0.39 is 0 Å². The van der Waals surface area contributed by atoms with Gasteiger partial charge in [0.1, 0.15) is 0 Å². The van der Waals surface area contributed by atoms with Crippen LogP contribution in [0, 0.1) is 11.8 Å². The van der Waals surface area contributed by atoms with Crippen molar-refractivity contribution in [3.8, 4) is 0 Å². The van der Waals surface area contributed by atoms with Gasteiger partial charge in [0, 0.05) is 6.61 Å². The van der Waals surface area contributed by atoms with Crippen molar-refractivity contribution in [2.75, 3.05) is 13.2 Å². The molecule has 0 spiro atoms. The third-order valence-corrected chi connectivity index (χ3v) is 3.65. The minimum atomic E-state index is 0.768. The van der Waals surface area contributed by atoms with Gasteiger partial charge < -0.3 is 4.74 Å². The Bertz CT molecular complexity index is 205. The second kappa shape index (κ2) is 5.55. The highest BCUT2D eigenvalue weighted by Crippen LogP contribution is 2.35. The maximum absolute atomic E-state index is 5.43. The summed E-state index contributed by atoms with van der Waals surface area (Å²) in [6.07, 6.45) is 3.81. The molecule has 82 valence electrons. The topological polar surface area (TPSA) is 9.23 Å². The van der Waals surface area contributed by atoms with Crippen LogP contribution in [0.5, 0.6) is 0 Å². The van der Waals surface area contributed by atoms with Crippen LogP contribution in [0.2, 0.25) is 0 Å². The van der Waals surface area contributed by atoms with Gasteiger partial charge in [-0.3, -0.25) is 0 Å². The average Bonchev–Trinajstić information content (AvgIpc) is 2.18. The van der Waals surface area contributed by atoms with Crippen LogP contribution < -0.4 is 0 Å². The lowest BCUT2D eigenvalue weighted by atomic mass is 9.76. The van der Waals surface area contributed by atoms with E-state index in [4.69, 9.17) is 4.74 Å². The fourth-order valence-corrected chi connectivity index (χ4v) is 2.35. The number of hydrogen-bond donors (Lipinski definition) is 0. The predicted molar refractivity (Wildman–Crippen MR) is 61.4 cm³/mol. The molecule has 1 heteroatoms. The summed E-state index contributed by atoms with van der Waals surface area (Å²) in [5, 5.41) is 0. The quantitative estimate of drug-likeness (QED) is 0.491. The lowest BCUT2D eigenvalue weighted by Gasteiger charge is -2.30. The van der Waals surface area contributed by atoms with E-state index in [1.165, 1.54) is 12.8 Å². The third-order valence-electron chi connectivity index (χ3n) is 3.65. The van der Waals surface area contributed by atoms with Crippen LogP contribution in [0.3, 0.4) is 0 Å². The minimum absolute atomic E-state index is 0.768. The second-order valence-electron chi connectivity index (χ2n) is 4.56. The van der Waals surface area contributed by atoms with Gasteiger partial charge in [0.2, 0.25) is 0 Å². The first kappa shape index (κ1) is 11.8. The molecule has 0 heterocycles. The Hall–Kier alpha value is -0.300. The number of ether oxygens (including phenoxy) is 1. The fourth-order valence-electron chi connectivity index (χ4n) is 2.35. The van der Waals surface area contributed by atoms with Gasteiger partial charge in [0.25, 0.3) is 0 Å². The molecular weight excluding hydrogens is 172 g/mol. The molecule has 0 bridgehead atoms. The monoisotopic (exact) mass is 196 g/mol. The Labute approximate surface area is 88.5 Å². The van der Waals surface area contributed by atoms with E-state index >= 15 is 0 Å². The molecule has 0 radical (unpaired) electrons. The Kier molecular flexibility index (Phi) is 4.67. The minimum Gasteiger partial charge on any atom is -0.381 e. The molecule has 0 saturated carbocycles. The molecule has 1 aliphatic rings. The molecule has 0 aromatic carbocycles. The Balaban J connectivity index is 2.53. The van der Waals surface area contributed by atoms with Gasteiger partial charge in [-0.1, -0.05) is 25.0 Å². The maximum atomic E-state index is 5.43. The van der Waals surface area contributed by atoms with E-state index in [9.17, 15) is 0 Å². The first-order valence-corrected chi connectivity index (χ1v) is 5.93. The Morgan fingerprint density at radius 2 is 2.07 bits per heavy atom. The van der Waals surface area contributed by atoms with Crippen LogP contribution in [-0.4, -0.2) is 13.2 Å². The lowest BCUT2D eigenvalue weighted by molar-refractivity contribution is 0.147. The van der Waals surface area contributed by atoms with Crippen LogP contribution in [0.15, 0.2) is 11.1 Å². The zero-order chi connectivity index (χ0) is 10.6. The summed E-state index contributed by atoms with van der Waals surface area (Å²) in [4.78, 5) is 0. The van der Waals surface area contributed by atoms with Crippen molar-refractivity contribution in [1.82, 2.24) is 0 Å². The van der Waals surface area contributed by atoms with Gasteiger partial charge in [-0.25, -0.2) is 0 Å². The summed E-state index contributed by atoms with van der Waals surface area (Å²) in [5.74, 6) is 1.62. The highest BCUT2D eigenvalue weighted by molar-refractivity contribution is 5.18. The number of allylic oxidation sites excluding steroid dienone is 1. The summed E-state index contributed by atoms with van der Waals surface area (Å²) >= 11 is 0. The molecule has 1 nitrogen and oxygen atoms in total. The summed E-state index contributed by atoms with van der Waals surface area (Å²) in [7, 11) is 0. The molecule has 2 atom stereocenters. The van der Waals surface area contributed by atoms with Crippen LogP contribution in [0.25, 0.3) is 0 Å². The van der Waals surface area contributed by atoms with Gasteiger partial charge in [-0.2, -0.15) is 0 Å². The molecule has 0 aliphatic heterocycles. The van der Waals surface area contributed by atoms with Crippen molar-refractivity contribution >= 4 is 0 Å². The van der Waals surface area contributed by atoms with Gasteiger partial charge in [-0.05, 0) is 44.9 Å². The van der Waals surface area contributed by atoms with Crippen molar-refractivity contribution in [1.29, 1.82) is 0 Å². The molecule has 0 saturated heterocycles. The van der Waals surface area contributed by atoms with Crippen LogP contribution in [0.4, 0.5) is 0 Å². The second-order valence-corrected chi connectivity index (χ2v) is 4.56. The van der Waals surface area contributed by atoms with Gasteiger partial charge in [0.05, 0.1) is 6.61 Å². The highest BCUT2D eigenvalue weighted by Gasteiger charge is 2.22. The summed E-state index contributed by atoms with van der Waals surface area (Å²) in [6, 6.07) is 0. The Morgan fingerprint density at radius 3 is 2.71 bits per heavy atom. The maximum Gasteiger partial charge on any atom is 0.0503 e. The molecule has 0 amide bonds. The van der Waals surface area contributed by atoms with Crippen molar-refractivity contribution in [3.63, 3.8) is 0 Å². The SMILES string of the molecule is CCOCCC1=C(C)CCC(C)C1C. The summed E-state index contributed by atoms with van der Waals surface area (Å²) < 4.78 is 5.43. The molecule has 1 rings (SSSR count). The van der Waals surface area contributed by atoms with Crippen LogP contribution in [0.1, 0.15) is 47.0 Å². The lowest BCUT2D eigenvalue weighted by Crippen LogP contribution is -2.18. The van der Waals surface area contributed by atoms with E-state index in [1.807, 2.05) is 0 Å². The van der Waals surface area contributed by atoms with Crippen LogP contribution >= 0.6 is 0 Å². The van der Waals surface area contributed by atoms with Crippen molar-refractivity contribution in [3.05, 3.63) is 11.1 Å². The van der Waals surface area contributed by atoms with E-state index in [0.717, 1.165) is 31.5 Å². The molecule has 1 aliphatic carbocycles. The van der Waals surface area contributed by atoms with E-state index in [0.29, 0.717) is 0 Å². The number of rotatable bonds is 4. The zero-order valence-corrected chi connectivity index (χ0v) is 10.1. The molecule has 14 heavy (non-hydrogen) atoms. The first-order chi connectivity index (χ1) is 6.66. The summed E-state index contributed by atoms with van der Waals surface area (Å²) in [6.45, 7) is 10.8. The van der Waals surface area contributed by atoms with E-state index in [-0.39, 0.29) is 0 Å². The molecule has 0 N–H and O–H groups in total. The predicted octanol–water partition coefficient (Wildman–Crippen LogP) is 3.80. The van der Waals surface area contributed by atoms with Crippen molar-refractivity contribution < 1.29 is 4.74 Å².